The van der Waals surface area contributed by atoms with E-state index in [2.05, 4.69) is 42.0 Å². The van der Waals surface area contributed by atoms with E-state index >= 15 is 0 Å². The van der Waals surface area contributed by atoms with Gasteiger partial charge in [0.1, 0.15) is 5.75 Å². The molecule has 0 spiro atoms. The van der Waals surface area contributed by atoms with Gasteiger partial charge in [-0.3, -0.25) is 0 Å². The van der Waals surface area contributed by atoms with Crippen LogP contribution in [0.25, 0.3) is 11.4 Å². The van der Waals surface area contributed by atoms with E-state index in [4.69, 9.17) is 9.47 Å². The summed E-state index contributed by atoms with van der Waals surface area (Å²) in [6.45, 7) is 5.13. The summed E-state index contributed by atoms with van der Waals surface area (Å²) < 4.78 is 12.1. The van der Waals surface area contributed by atoms with Crippen LogP contribution in [0, 0.1) is 5.92 Å². The molecule has 2 aliphatic rings. The highest BCUT2D eigenvalue weighted by Crippen LogP contribution is 2.35. The average Bonchev–Trinajstić information content (AvgIpc) is 2.79. The summed E-state index contributed by atoms with van der Waals surface area (Å²) in [4.78, 5) is 9.14. The lowest BCUT2D eigenvalue weighted by Gasteiger charge is -2.31. The minimum atomic E-state index is 0.359. The van der Waals surface area contributed by atoms with Gasteiger partial charge in [0.15, 0.2) is 5.82 Å². The highest BCUT2D eigenvalue weighted by molar-refractivity contribution is 5.59. The maximum atomic E-state index is 6.36. The standard InChI is InChI=1S/C26H36N2O2/c1-3-5-20-17-27-26(28-18-20)22-10-15-25-21(16-22)9-14-24(30-25)13-8-19-6-11-23(12-7-19)29-4-2/h10,15-19,23-24H,3-9,11-14H2,1-2H3. The third-order valence-electron chi connectivity index (χ3n) is 6.69. The first-order valence-corrected chi connectivity index (χ1v) is 12.0. The Bertz CT molecular complexity index is 797. The lowest BCUT2D eigenvalue weighted by atomic mass is 9.83. The van der Waals surface area contributed by atoms with Crippen LogP contribution < -0.4 is 4.74 Å². The Kier molecular flexibility index (Phi) is 7.37. The van der Waals surface area contributed by atoms with Crippen molar-refractivity contribution in [1.82, 2.24) is 9.97 Å². The summed E-state index contributed by atoms with van der Waals surface area (Å²) in [5, 5.41) is 0. The number of benzene rings is 1. The molecule has 4 rings (SSSR count). The summed E-state index contributed by atoms with van der Waals surface area (Å²) in [5.41, 5.74) is 3.59. The first-order chi connectivity index (χ1) is 14.7. The zero-order valence-corrected chi connectivity index (χ0v) is 18.6. The van der Waals surface area contributed by atoms with E-state index < -0.39 is 0 Å². The number of nitrogens with zero attached hydrogens (tertiary/aromatic N) is 2. The molecule has 1 saturated carbocycles. The molecule has 1 unspecified atom stereocenters. The van der Waals surface area contributed by atoms with Gasteiger partial charge in [0.25, 0.3) is 0 Å². The van der Waals surface area contributed by atoms with Crippen molar-refractivity contribution in [2.45, 2.75) is 90.3 Å². The molecule has 1 fully saturated rings. The van der Waals surface area contributed by atoms with Crippen LogP contribution in [-0.4, -0.2) is 28.8 Å². The quantitative estimate of drug-likeness (QED) is 0.524. The Hall–Kier alpha value is -1.94. The van der Waals surface area contributed by atoms with E-state index in [1.807, 2.05) is 12.4 Å². The van der Waals surface area contributed by atoms with Gasteiger partial charge >= 0.3 is 0 Å². The molecule has 1 aliphatic carbocycles. The van der Waals surface area contributed by atoms with Crippen molar-refractivity contribution in [3.05, 3.63) is 41.7 Å². The predicted molar refractivity (Wildman–Crippen MR) is 121 cm³/mol. The van der Waals surface area contributed by atoms with Gasteiger partial charge in [0, 0.05) is 24.6 Å². The highest BCUT2D eigenvalue weighted by atomic mass is 16.5. The highest BCUT2D eigenvalue weighted by Gasteiger charge is 2.25. The minimum absolute atomic E-state index is 0.359. The number of rotatable bonds is 8. The van der Waals surface area contributed by atoms with Crippen LogP contribution in [0.1, 0.15) is 76.3 Å². The average molecular weight is 409 g/mol. The number of aryl methyl sites for hydroxylation is 2. The molecule has 162 valence electrons. The van der Waals surface area contributed by atoms with Crippen LogP contribution in [0.3, 0.4) is 0 Å². The molecule has 1 aromatic heterocycles. The zero-order chi connectivity index (χ0) is 20.8. The van der Waals surface area contributed by atoms with Gasteiger partial charge in [0.05, 0.1) is 12.2 Å². The molecule has 30 heavy (non-hydrogen) atoms. The predicted octanol–water partition coefficient (Wildman–Crippen LogP) is 6.17. The molecule has 0 bridgehead atoms. The maximum Gasteiger partial charge on any atom is 0.159 e. The van der Waals surface area contributed by atoms with E-state index in [1.165, 1.54) is 49.7 Å². The molecule has 4 nitrogen and oxygen atoms in total. The smallest absolute Gasteiger partial charge is 0.159 e. The van der Waals surface area contributed by atoms with Gasteiger partial charge in [-0.1, -0.05) is 13.3 Å². The Balaban J connectivity index is 1.29. The van der Waals surface area contributed by atoms with E-state index in [-0.39, 0.29) is 0 Å². The first kappa shape index (κ1) is 21.3. The van der Waals surface area contributed by atoms with Crippen molar-refractivity contribution < 1.29 is 9.47 Å². The van der Waals surface area contributed by atoms with Crippen LogP contribution >= 0.6 is 0 Å². The van der Waals surface area contributed by atoms with Crippen molar-refractivity contribution in [2.24, 2.45) is 5.92 Å². The summed E-state index contributed by atoms with van der Waals surface area (Å²) in [6, 6.07) is 6.44. The van der Waals surface area contributed by atoms with Gasteiger partial charge in [-0.2, -0.15) is 0 Å². The first-order valence-electron chi connectivity index (χ1n) is 12.0. The summed E-state index contributed by atoms with van der Waals surface area (Å²) in [7, 11) is 0. The fraction of sp³-hybridized carbons (Fsp3) is 0.615. The van der Waals surface area contributed by atoms with Crippen LogP contribution in [0.5, 0.6) is 5.75 Å². The summed E-state index contributed by atoms with van der Waals surface area (Å²) in [6.07, 6.45) is 16.7. The fourth-order valence-electron chi connectivity index (χ4n) is 4.95. The molecule has 2 aromatic rings. The Morgan fingerprint density at radius 1 is 1.00 bits per heavy atom. The number of aromatic nitrogens is 2. The molecule has 1 aliphatic heterocycles. The van der Waals surface area contributed by atoms with Crippen LogP contribution in [-0.2, 0) is 17.6 Å². The zero-order valence-electron chi connectivity index (χ0n) is 18.6. The number of fused-ring (bicyclic) bond motifs is 1. The van der Waals surface area contributed by atoms with E-state index in [9.17, 15) is 0 Å². The molecule has 4 heteroatoms. The number of hydrogen-bond donors (Lipinski definition) is 0. The van der Waals surface area contributed by atoms with Crippen molar-refractivity contribution in [3.8, 4) is 17.1 Å². The lowest BCUT2D eigenvalue weighted by Crippen LogP contribution is -2.25. The summed E-state index contributed by atoms with van der Waals surface area (Å²) in [5.74, 6) is 2.71. The fourth-order valence-corrected chi connectivity index (χ4v) is 4.95. The molecule has 0 saturated heterocycles. The molecule has 0 radical (unpaired) electrons. The minimum Gasteiger partial charge on any atom is -0.490 e. The second kappa shape index (κ2) is 10.4. The molecule has 2 heterocycles. The monoisotopic (exact) mass is 408 g/mol. The third kappa shape index (κ3) is 5.40. The molecule has 1 aromatic carbocycles. The Morgan fingerprint density at radius 2 is 1.80 bits per heavy atom. The molecule has 1 atom stereocenters. The molecular formula is C26H36N2O2. The largest absolute Gasteiger partial charge is 0.490 e. The van der Waals surface area contributed by atoms with Crippen molar-refractivity contribution in [2.75, 3.05) is 6.61 Å². The van der Waals surface area contributed by atoms with E-state index in [0.29, 0.717) is 12.2 Å². The van der Waals surface area contributed by atoms with Gasteiger partial charge in [0.2, 0.25) is 0 Å². The SMILES string of the molecule is CCCc1cnc(-c2ccc3c(c2)CCC(CCC2CCC(OCC)CC2)O3)nc1. The second-order valence-corrected chi connectivity index (χ2v) is 8.94. The number of ether oxygens (including phenoxy) is 2. The topological polar surface area (TPSA) is 44.2 Å². The maximum absolute atomic E-state index is 6.36. The number of hydrogen-bond acceptors (Lipinski definition) is 4. The van der Waals surface area contributed by atoms with Crippen LogP contribution in [0.2, 0.25) is 0 Å². The molecule has 0 amide bonds. The lowest BCUT2D eigenvalue weighted by molar-refractivity contribution is 0.0230. The Labute approximate surface area is 181 Å². The molecule has 0 N–H and O–H groups in total. The van der Waals surface area contributed by atoms with Crippen molar-refractivity contribution >= 4 is 0 Å². The van der Waals surface area contributed by atoms with Gasteiger partial charge < -0.3 is 9.47 Å². The Morgan fingerprint density at radius 3 is 2.53 bits per heavy atom. The van der Waals surface area contributed by atoms with Crippen molar-refractivity contribution in [1.29, 1.82) is 0 Å². The van der Waals surface area contributed by atoms with Gasteiger partial charge in [-0.25, -0.2) is 9.97 Å². The molecular weight excluding hydrogens is 372 g/mol. The van der Waals surface area contributed by atoms with E-state index in [1.54, 1.807) is 0 Å². The second-order valence-electron chi connectivity index (χ2n) is 8.94. The third-order valence-corrected chi connectivity index (χ3v) is 6.69. The van der Waals surface area contributed by atoms with Gasteiger partial charge in [-0.15, -0.1) is 0 Å². The summed E-state index contributed by atoms with van der Waals surface area (Å²) >= 11 is 0. The normalized spacial score (nSPS) is 23.6. The van der Waals surface area contributed by atoms with Gasteiger partial charge in [-0.05, 0) is 100.0 Å². The van der Waals surface area contributed by atoms with E-state index in [0.717, 1.165) is 55.3 Å². The van der Waals surface area contributed by atoms with Crippen LogP contribution in [0.4, 0.5) is 0 Å². The van der Waals surface area contributed by atoms with Crippen LogP contribution in [0.15, 0.2) is 30.6 Å². The van der Waals surface area contributed by atoms with Crippen molar-refractivity contribution in [3.63, 3.8) is 0 Å².